The Labute approximate surface area is 190 Å². The molecule has 2 heterocycles. The molecule has 8 heteroatoms. The van der Waals surface area contributed by atoms with Crippen molar-refractivity contribution >= 4 is 27.2 Å². The number of nitrogens with one attached hydrogen (secondary N) is 2. The summed E-state index contributed by atoms with van der Waals surface area (Å²) in [6.07, 6.45) is 4.14. The highest BCUT2D eigenvalue weighted by atomic mass is 32.2. The van der Waals surface area contributed by atoms with Gasteiger partial charge in [0.25, 0.3) is 10.0 Å². The lowest BCUT2D eigenvalue weighted by molar-refractivity contribution is 0.271. The van der Waals surface area contributed by atoms with Crippen molar-refractivity contribution in [1.82, 2.24) is 9.97 Å². The van der Waals surface area contributed by atoms with E-state index in [1.165, 1.54) is 5.57 Å². The van der Waals surface area contributed by atoms with Crippen molar-refractivity contribution in [2.45, 2.75) is 64.3 Å². The number of fused-ring (bicyclic) bond motifs is 4. The number of sulfonamides is 1. The van der Waals surface area contributed by atoms with Crippen LogP contribution in [-0.2, 0) is 10.0 Å². The van der Waals surface area contributed by atoms with Crippen LogP contribution in [0.4, 0.5) is 11.6 Å². The number of rotatable bonds is 3. The Bertz CT molecular complexity index is 1130. The zero-order chi connectivity index (χ0) is 22.9. The van der Waals surface area contributed by atoms with E-state index < -0.39 is 10.0 Å². The maximum absolute atomic E-state index is 13.1. The van der Waals surface area contributed by atoms with Gasteiger partial charge in [0.1, 0.15) is 6.61 Å². The Balaban J connectivity index is 1.81. The molecule has 2 N–H and O–H groups in total. The molecular weight excluding hydrogens is 424 g/mol. The number of hydrogen-bond acceptors (Lipinski definition) is 6. The predicted octanol–water partition coefficient (Wildman–Crippen LogP) is 5.09. The van der Waals surface area contributed by atoms with Gasteiger partial charge in [-0.15, -0.1) is 0 Å². The fraction of sp³-hybridized carbons (Fsp3) is 0.500. The van der Waals surface area contributed by atoms with Gasteiger partial charge in [0.15, 0.2) is 0 Å². The first-order chi connectivity index (χ1) is 15.2. The first-order valence-electron chi connectivity index (χ1n) is 11.3. The molecule has 1 aromatic carbocycles. The topological polar surface area (TPSA) is 93.2 Å². The molecule has 2 aliphatic rings. The van der Waals surface area contributed by atoms with E-state index in [0.717, 1.165) is 42.6 Å². The SMILES string of the molecule is CC1=C(c2cc3nc(n2)NS(=O)(=O)c2cccc(c2)N[C@H](CC(C)C)CO3)C(C)CCC1. The molecule has 2 aromatic rings. The van der Waals surface area contributed by atoms with E-state index in [-0.39, 0.29) is 16.9 Å². The normalized spacial score (nSPS) is 22.8. The van der Waals surface area contributed by atoms with Crippen LogP contribution in [0.2, 0.25) is 0 Å². The maximum Gasteiger partial charge on any atom is 0.264 e. The molecule has 1 unspecified atom stereocenters. The van der Waals surface area contributed by atoms with E-state index in [1.54, 1.807) is 18.2 Å². The van der Waals surface area contributed by atoms with E-state index in [9.17, 15) is 8.42 Å². The van der Waals surface area contributed by atoms with Crippen molar-refractivity contribution < 1.29 is 13.2 Å². The summed E-state index contributed by atoms with van der Waals surface area (Å²) in [5, 5.41) is 3.44. The van der Waals surface area contributed by atoms with Crippen LogP contribution in [0.15, 0.2) is 40.8 Å². The second-order valence-corrected chi connectivity index (χ2v) is 11.0. The predicted molar refractivity (Wildman–Crippen MR) is 127 cm³/mol. The molecular formula is C24H32N4O3S. The first-order valence-corrected chi connectivity index (χ1v) is 12.8. The number of nitrogens with zero attached hydrogens (tertiary/aromatic N) is 2. The molecule has 0 radical (unpaired) electrons. The number of aromatic nitrogens is 2. The van der Waals surface area contributed by atoms with Gasteiger partial charge in [0, 0.05) is 11.8 Å². The Hall–Kier alpha value is -2.61. The van der Waals surface area contributed by atoms with Crippen LogP contribution in [0, 0.1) is 11.8 Å². The highest BCUT2D eigenvalue weighted by Crippen LogP contribution is 2.37. The van der Waals surface area contributed by atoms with Crippen LogP contribution in [0.25, 0.3) is 5.57 Å². The van der Waals surface area contributed by atoms with Gasteiger partial charge in [0.05, 0.1) is 16.6 Å². The molecule has 172 valence electrons. The van der Waals surface area contributed by atoms with Crippen molar-refractivity contribution in [3.63, 3.8) is 0 Å². The minimum Gasteiger partial charge on any atom is -0.475 e. The molecule has 2 atom stereocenters. The van der Waals surface area contributed by atoms with E-state index in [4.69, 9.17) is 4.74 Å². The number of ether oxygens (including phenoxy) is 1. The molecule has 0 amide bonds. The van der Waals surface area contributed by atoms with Crippen LogP contribution in [0.3, 0.4) is 0 Å². The molecule has 4 bridgehead atoms. The zero-order valence-electron chi connectivity index (χ0n) is 19.2. The lowest BCUT2D eigenvalue weighted by Crippen LogP contribution is -2.29. The number of benzene rings is 1. The highest BCUT2D eigenvalue weighted by molar-refractivity contribution is 7.92. The van der Waals surface area contributed by atoms with Gasteiger partial charge in [-0.25, -0.2) is 18.1 Å². The van der Waals surface area contributed by atoms with Crippen molar-refractivity contribution in [1.29, 1.82) is 0 Å². The van der Waals surface area contributed by atoms with E-state index >= 15 is 0 Å². The summed E-state index contributed by atoms with van der Waals surface area (Å²) in [6.45, 7) is 9.05. The fourth-order valence-corrected chi connectivity index (χ4v) is 5.61. The monoisotopic (exact) mass is 456 g/mol. The van der Waals surface area contributed by atoms with Crippen LogP contribution in [0.5, 0.6) is 5.88 Å². The Morgan fingerprint density at radius 1 is 1.22 bits per heavy atom. The van der Waals surface area contributed by atoms with Gasteiger partial charge in [0.2, 0.25) is 11.8 Å². The van der Waals surface area contributed by atoms with E-state index in [0.29, 0.717) is 24.3 Å². The number of allylic oxidation sites excluding steroid dienone is 2. The van der Waals surface area contributed by atoms with Gasteiger partial charge in [-0.05, 0) is 68.2 Å². The van der Waals surface area contributed by atoms with Crippen molar-refractivity contribution in [2.24, 2.45) is 11.8 Å². The summed E-state index contributed by atoms with van der Waals surface area (Å²) in [6, 6.07) is 8.67. The number of anilines is 2. The summed E-state index contributed by atoms with van der Waals surface area (Å²) < 4.78 is 34.8. The maximum atomic E-state index is 13.1. The minimum atomic E-state index is -3.85. The average molecular weight is 457 g/mol. The summed E-state index contributed by atoms with van der Waals surface area (Å²) in [4.78, 5) is 9.16. The smallest absolute Gasteiger partial charge is 0.264 e. The second kappa shape index (κ2) is 9.10. The third-order valence-corrected chi connectivity index (χ3v) is 7.38. The molecule has 4 rings (SSSR count). The molecule has 0 saturated heterocycles. The largest absolute Gasteiger partial charge is 0.475 e. The molecule has 1 aromatic heterocycles. The molecule has 1 aliphatic carbocycles. The molecule has 0 fully saturated rings. The molecule has 7 nitrogen and oxygen atoms in total. The lowest BCUT2D eigenvalue weighted by Gasteiger charge is -2.25. The standard InChI is InChI=1S/C24H32N4O3S/c1-15(2)11-19-14-31-22-13-21(23-16(3)7-5-8-17(23)4)26-24(27-22)28-32(29,30)20-10-6-9-18(12-20)25-19/h6,9-10,12-13,15-16,19,25H,5,7-8,11,14H2,1-4H3,(H,26,27,28)/t16?,19-/m1/s1. The van der Waals surface area contributed by atoms with Gasteiger partial charge in [-0.1, -0.05) is 32.4 Å². The van der Waals surface area contributed by atoms with Crippen molar-refractivity contribution in [3.8, 4) is 5.88 Å². The molecule has 1 aliphatic heterocycles. The van der Waals surface area contributed by atoms with Gasteiger partial charge in [-0.2, -0.15) is 4.98 Å². The van der Waals surface area contributed by atoms with Crippen LogP contribution < -0.4 is 14.8 Å². The minimum absolute atomic E-state index is 0.0109. The summed E-state index contributed by atoms with van der Waals surface area (Å²) in [5.74, 6) is 1.22. The molecule has 0 spiro atoms. The first kappa shape index (κ1) is 22.6. The number of hydrogen-bond donors (Lipinski definition) is 2. The van der Waals surface area contributed by atoms with Crippen molar-refractivity contribution in [2.75, 3.05) is 16.6 Å². The Morgan fingerprint density at radius 3 is 2.78 bits per heavy atom. The second-order valence-electron chi connectivity index (χ2n) is 9.32. The fourth-order valence-electron chi connectivity index (χ4n) is 4.62. The lowest BCUT2D eigenvalue weighted by atomic mass is 9.83. The summed E-state index contributed by atoms with van der Waals surface area (Å²) in [5.41, 5.74) is 3.92. The van der Waals surface area contributed by atoms with Crippen molar-refractivity contribution in [3.05, 3.63) is 41.6 Å². The summed E-state index contributed by atoms with van der Waals surface area (Å²) >= 11 is 0. The quantitative estimate of drug-likeness (QED) is 0.668. The van der Waals surface area contributed by atoms with Gasteiger partial charge < -0.3 is 10.1 Å². The zero-order valence-corrected chi connectivity index (χ0v) is 20.0. The van der Waals surface area contributed by atoms with Gasteiger partial charge >= 0.3 is 0 Å². The molecule has 0 saturated carbocycles. The van der Waals surface area contributed by atoms with Gasteiger partial charge in [-0.3, -0.25) is 0 Å². The van der Waals surface area contributed by atoms with E-state index in [1.807, 2.05) is 12.1 Å². The van der Waals surface area contributed by atoms with Crippen LogP contribution in [-0.4, -0.2) is 31.0 Å². The summed E-state index contributed by atoms with van der Waals surface area (Å²) in [7, 11) is -3.85. The molecule has 32 heavy (non-hydrogen) atoms. The van der Waals surface area contributed by atoms with E-state index in [2.05, 4.69) is 47.7 Å². The average Bonchev–Trinajstić information content (AvgIpc) is 2.71. The third-order valence-electron chi connectivity index (χ3n) is 6.05. The van der Waals surface area contributed by atoms with Crippen LogP contribution >= 0.6 is 0 Å². The Morgan fingerprint density at radius 2 is 2.03 bits per heavy atom. The van der Waals surface area contributed by atoms with Crippen LogP contribution in [0.1, 0.15) is 59.1 Å². The Kier molecular flexibility index (Phi) is 6.42. The highest BCUT2D eigenvalue weighted by Gasteiger charge is 2.24. The third kappa shape index (κ3) is 5.06.